The minimum Gasteiger partial charge on any atom is -0.323 e. The minimum absolute atomic E-state index is 0.0857. The quantitative estimate of drug-likeness (QED) is 0.810. The van der Waals surface area contributed by atoms with E-state index in [1.165, 1.54) is 24.8 Å². The van der Waals surface area contributed by atoms with Crippen molar-refractivity contribution in [2.45, 2.75) is 31.3 Å². The number of nitrogens with two attached hydrogens (primary N) is 1. The third-order valence-electron chi connectivity index (χ3n) is 3.04. The molecule has 1 aromatic rings. The molecule has 0 bridgehead atoms. The van der Waals surface area contributed by atoms with Crippen molar-refractivity contribution >= 4 is 11.6 Å². The summed E-state index contributed by atoms with van der Waals surface area (Å²) in [6.45, 7) is 1.09. The predicted octanol–water partition coefficient (Wildman–Crippen LogP) is 2.48. The van der Waals surface area contributed by atoms with Gasteiger partial charge in [-0.3, -0.25) is 0 Å². The summed E-state index contributed by atoms with van der Waals surface area (Å²) >= 11 is 5.85. The van der Waals surface area contributed by atoms with Crippen LogP contribution < -0.4 is 11.1 Å². The summed E-state index contributed by atoms with van der Waals surface area (Å²) in [5, 5.41) is 4.24. The van der Waals surface area contributed by atoms with Gasteiger partial charge in [-0.15, -0.1) is 0 Å². The Labute approximate surface area is 95.8 Å². The number of halogens is 1. The summed E-state index contributed by atoms with van der Waals surface area (Å²) in [6, 6.07) is 8.34. The molecule has 2 unspecified atom stereocenters. The monoisotopic (exact) mass is 224 g/mol. The van der Waals surface area contributed by atoms with E-state index >= 15 is 0 Å². The number of rotatable bonds is 2. The Morgan fingerprint density at radius 3 is 2.60 bits per heavy atom. The van der Waals surface area contributed by atoms with Gasteiger partial charge < -0.3 is 11.1 Å². The molecule has 0 saturated carbocycles. The largest absolute Gasteiger partial charge is 0.323 e. The maximum Gasteiger partial charge on any atom is 0.0450 e. The Balaban J connectivity index is 2.05. The van der Waals surface area contributed by atoms with Gasteiger partial charge in [0.1, 0.15) is 0 Å². The summed E-state index contributed by atoms with van der Waals surface area (Å²) in [4.78, 5) is 0. The summed E-state index contributed by atoms with van der Waals surface area (Å²) in [5.41, 5.74) is 7.38. The van der Waals surface area contributed by atoms with Crippen LogP contribution in [0.25, 0.3) is 0 Å². The van der Waals surface area contributed by atoms with E-state index in [-0.39, 0.29) is 6.04 Å². The average Bonchev–Trinajstić information content (AvgIpc) is 2.30. The predicted molar refractivity (Wildman–Crippen MR) is 64.0 cm³/mol. The highest BCUT2D eigenvalue weighted by atomic mass is 35.5. The summed E-state index contributed by atoms with van der Waals surface area (Å²) in [6.07, 6.45) is 3.71. The topological polar surface area (TPSA) is 38.0 Å². The number of hydrogen-bond donors (Lipinski definition) is 2. The molecule has 2 rings (SSSR count). The molecule has 1 saturated heterocycles. The van der Waals surface area contributed by atoms with Crippen LogP contribution in [-0.4, -0.2) is 12.6 Å². The van der Waals surface area contributed by atoms with Crippen LogP contribution in [-0.2, 0) is 0 Å². The number of nitrogens with one attached hydrogen (secondary N) is 1. The molecule has 1 aliphatic heterocycles. The number of piperidine rings is 1. The van der Waals surface area contributed by atoms with Crippen LogP contribution in [0.4, 0.5) is 0 Å². The maximum absolute atomic E-state index is 6.21. The molecule has 0 spiro atoms. The van der Waals surface area contributed by atoms with Gasteiger partial charge in [0.2, 0.25) is 0 Å². The molecule has 1 aromatic carbocycles. The smallest absolute Gasteiger partial charge is 0.0450 e. The SMILES string of the molecule is NC(c1ccc(Cl)cc1)C1CCCCN1. The molecule has 2 atom stereocenters. The average molecular weight is 225 g/mol. The van der Waals surface area contributed by atoms with E-state index in [1.807, 2.05) is 24.3 Å². The van der Waals surface area contributed by atoms with Gasteiger partial charge in [-0.2, -0.15) is 0 Å². The van der Waals surface area contributed by atoms with Gasteiger partial charge in [0.25, 0.3) is 0 Å². The molecule has 15 heavy (non-hydrogen) atoms. The molecule has 3 N–H and O–H groups in total. The lowest BCUT2D eigenvalue weighted by Gasteiger charge is -2.29. The molecule has 0 amide bonds. The molecule has 1 heterocycles. The van der Waals surface area contributed by atoms with Crippen LogP contribution in [0.3, 0.4) is 0 Å². The molecule has 1 aliphatic rings. The molecule has 0 aliphatic carbocycles. The lowest BCUT2D eigenvalue weighted by molar-refractivity contribution is 0.354. The standard InChI is InChI=1S/C12H17ClN2/c13-10-6-4-9(5-7-10)12(14)11-3-1-2-8-15-11/h4-7,11-12,15H,1-3,8,14H2. The van der Waals surface area contributed by atoms with Gasteiger partial charge in [0.15, 0.2) is 0 Å². The van der Waals surface area contributed by atoms with E-state index in [4.69, 9.17) is 17.3 Å². The van der Waals surface area contributed by atoms with Gasteiger partial charge in [0.05, 0.1) is 0 Å². The zero-order valence-corrected chi connectivity index (χ0v) is 9.50. The van der Waals surface area contributed by atoms with E-state index in [2.05, 4.69) is 5.32 Å². The van der Waals surface area contributed by atoms with Gasteiger partial charge in [-0.25, -0.2) is 0 Å². The van der Waals surface area contributed by atoms with Crippen molar-refractivity contribution in [1.82, 2.24) is 5.32 Å². The van der Waals surface area contributed by atoms with E-state index in [9.17, 15) is 0 Å². The summed E-state index contributed by atoms with van der Waals surface area (Å²) in [7, 11) is 0. The van der Waals surface area contributed by atoms with Crippen molar-refractivity contribution in [1.29, 1.82) is 0 Å². The van der Waals surface area contributed by atoms with Crippen LogP contribution in [0.5, 0.6) is 0 Å². The normalized spacial score (nSPS) is 23.7. The van der Waals surface area contributed by atoms with E-state index < -0.39 is 0 Å². The molecule has 0 aromatic heterocycles. The second-order valence-corrected chi connectivity index (χ2v) is 4.57. The van der Waals surface area contributed by atoms with Crippen LogP contribution in [0.1, 0.15) is 30.9 Å². The molecule has 1 fully saturated rings. The van der Waals surface area contributed by atoms with E-state index in [0.29, 0.717) is 6.04 Å². The minimum atomic E-state index is 0.0857. The Morgan fingerprint density at radius 1 is 1.27 bits per heavy atom. The van der Waals surface area contributed by atoms with Crippen molar-refractivity contribution < 1.29 is 0 Å². The first-order chi connectivity index (χ1) is 7.27. The van der Waals surface area contributed by atoms with Crippen LogP contribution in [0.15, 0.2) is 24.3 Å². The first-order valence-electron chi connectivity index (χ1n) is 5.52. The zero-order valence-electron chi connectivity index (χ0n) is 8.75. The van der Waals surface area contributed by atoms with Crippen LogP contribution in [0, 0.1) is 0 Å². The Kier molecular flexibility index (Phi) is 3.62. The third-order valence-corrected chi connectivity index (χ3v) is 3.29. The van der Waals surface area contributed by atoms with Gasteiger partial charge in [-0.05, 0) is 37.1 Å². The van der Waals surface area contributed by atoms with Gasteiger partial charge in [-0.1, -0.05) is 30.2 Å². The summed E-state index contributed by atoms with van der Waals surface area (Å²) in [5.74, 6) is 0. The Hall–Kier alpha value is -0.570. The first-order valence-corrected chi connectivity index (χ1v) is 5.89. The van der Waals surface area contributed by atoms with Crippen molar-refractivity contribution in [3.8, 4) is 0 Å². The fourth-order valence-electron chi connectivity index (χ4n) is 2.10. The van der Waals surface area contributed by atoms with Gasteiger partial charge in [0, 0.05) is 17.1 Å². The molecular formula is C12H17ClN2. The molecular weight excluding hydrogens is 208 g/mol. The van der Waals surface area contributed by atoms with Crippen molar-refractivity contribution in [3.05, 3.63) is 34.9 Å². The molecule has 82 valence electrons. The lowest BCUT2D eigenvalue weighted by atomic mass is 9.93. The van der Waals surface area contributed by atoms with Crippen molar-refractivity contribution in [2.24, 2.45) is 5.73 Å². The van der Waals surface area contributed by atoms with Gasteiger partial charge >= 0.3 is 0 Å². The lowest BCUT2D eigenvalue weighted by Crippen LogP contribution is -2.42. The zero-order chi connectivity index (χ0) is 10.7. The first kappa shape index (κ1) is 10.9. The fourth-order valence-corrected chi connectivity index (χ4v) is 2.23. The second-order valence-electron chi connectivity index (χ2n) is 4.13. The van der Waals surface area contributed by atoms with E-state index in [1.54, 1.807) is 0 Å². The van der Waals surface area contributed by atoms with Crippen LogP contribution in [0.2, 0.25) is 5.02 Å². The highest BCUT2D eigenvalue weighted by Crippen LogP contribution is 2.22. The fraction of sp³-hybridized carbons (Fsp3) is 0.500. The maximum atomic E-state index is 6.21. The number of benzene rings is 1. The summed E-state index contributed by atoms with van der Waals surface area (Å²) < 4.78 is 0. The molecule has 2 nitrogen and oxygen atoms in total. The van der Waals surface area contributed by atoms with E-state index in [0.717, 1.165) is 11.6 Å². The highest BCUT2D eigenvalue weighted by Gasteiger charge is 2.20. The van der Waals surface area contributed by atoms with Crippen molar-refractivity contribution in [3.63, 3.8) is 0 Å². The second kappa shape index (κ2) is 4.97. The van der Waals surface area contributed by atoms with Crippen molar-refractivity contribution in [2.75, 3.05) is 6.54 Å². The Bertz CT molecular complexity index is 304. The van der Waals surface area contributed by atoms with Crippen LogP contribution >= 0.6 is 11.6 Å². The third kappa shape index (κ3) is 2.71. The molecule has 3 heteroatoms. The molecule has 0 radical (unpaired) electrons. The highest BCUT2D eigenvalue weighted by molar-refractivity contribution is 6.30. The number of hydrogen-bond acceptors (Lipinski definition) is 2. The Morgan fingerprint density at radius 2 is 2.00 bits per heavy atom.